The van der Waals surface area contributed by atoms with Crippen LogP contribution >= 0.6 is 43.2 Å². The Hall–Kier alpha value is -0.710. The number of hydrogen-bond donors (Lipinski definition) is 0. The molecule has 0 atom stereocenters. The number of benzene rings is 1. The Balaban J connectivity index is 2.16. The molecule has 0 bridgehead atoms. The van der Waals surface area contributed by atoms with Crippen LogP contribution in [0, 0.1) is 0 Å². The molecule has 1 heterocycles. The highest BCUT2D eigenvalue weighted by atomic mass is 79.9. The fourth-order valence-electron chi connectivity index (χ4n) is 1.78. The summed E-state index contributed by atoms with van der Waals surface area (Å²) in [5.41, 5.74) is 1.00. The molecule has 0 aliphatic heterocycles. The number of carbonyl (C=O) groups excluding carboxylic acids is 1. The zero-order valence-electron chi connectivity index (χ0n) is 11.0. The van der Waals surface area contributed by atoms with E-state index in [1.54, 1.807) is 17.4 Å². The minimum absolute atomic E-state index is 0.0498. The van der Waals surface area contributed by atoms with E-state index in [9.17, 15) is 4.79 Å². The maximum absolute atomic E-state index is 12.2. The summed E-state index contributed by atoms with van der Waals surface area (Å²) in [5.74, 6) is 0.0498. The van der Waals surface area contributed by atoms with Crippen molar-refractivity contribution in [2.24, 2.45) is 0 Å². The quantitative estimate of drug-likeness (QED) is 0.426. The maximum atomic E-state index is 12.2. The van der Waals surface area contributed by atoms with Gasteiger partial charge in [-0.15, -0.1) is 11.3 Å². The lowest BCUT2D eigenvalue weighted by Crippen LogP contribution is -1.89. The first-order valence-electron chi connectivity index (χ1n) is 6.37. The first kappa shape index (κ1) is 15.7. The van der Waals surface area contributed by atoms with Gasteiger partial charge in [-0.3, -0.25) is 4.79 Å². The van der Waals surface area contributed by atoms with Crippen molar-refractivity contribution < 1.29 is 4.79 Å². The molecule has 0 aliphatic rings. The Labute approximate surface area is 140 Å². The molecule has 4 heteroatoms. The van der Waals surface area contributed by atoms with Crippen molar-refractivity contribution in [2.75, 3.05) is 0 Å². The SMILES string of the molecule is CCCc1sc(C(=O)/C=C/c2ccccc2Br)cc1Br. The van der Waals surface area contributed by atoms with Crippen LogP contribution in [-0.2, 0) is 6.42 Å². The third kappa shape index (κ3) is 3.90. The van der Waals surface area contributed by atoms with Crippen LogP contribution in [0.1, 0.15) is 33.5 Å². The number of ketones is 1. The average Bonchev–Trinajstić information content (AvgIpc) is 2.80. The summed E-state index contributed by atoms with van der Waals surface area (Å²) < 4.78 is 2.03. The molecule has 0 unspecified atom stereocenters. The molecule has 0 aliphatic carbocycles. The molecule has 1 nitrogen and oxygen atoms in total. The molecule has 1 aromatic carbocycles. The highest BCUT2D eigenvalue weighted by molar-refractivity contribution is 9.10. The number of carbonyl (C=O) groups is 1. The van der Waals surface area contributed by atoms with Gasteiger partial charge < -0.3 is 0 Å². The van der Waals surface area contributed by atoms with Crippen LogP contribution in [0.3, 0.4) is 0 Å². The molecule has 0 saturated heterocycles. The number of thiophene rings is 1. The Kier molecular flexibility index (Phi) is 5.75. The number of halogens is 2. The van der Waals surface area contributed by atoms with Gasteiger partial charge in [-0.1, -0.05) is 47.5 Å². The summed E-state index contributed by atoms with van der Waals surface area (Å²) in [4.78, 5) is 14.2. The molecular weight excluding hydrogens is 400 g/mol. The van der Waals surface area contributed by atoms with Crippen molar-refractivity contribution in [3.05, 3.63) is 60.7 Å². The van der Waals surface area contributed by atoms with Crippen LogP contribution in [0.4, 0.5) is 0 Å². The number of rotatable bonds is 5. The van der Waals surface area contributed by atoms with E-state index in [0.29, 0.717) is 0 Å². The molecule has 2 aromatic rings. The molecule has 20 heavy (non-hydrogen) atoms. The molecule has 0 N–H and O–H groups in total. The fourth-order valence-corrected chi connectivity index (χ4v) is 4.10. The number of hydrogen-bond acceptors (Lipinski definition) is 2. The van der Waals surface area contributed by atoms with Crippen molar-refractivity contribution in [1.82, 2.24) is 0 Å². The summed E-state index contributed by atoms with van der Waals surface area (Å²) >= 11 is 8.56. The average molecular weight is 414 g/mol. The first-order chi connectivity index (χ1) is 9.61. The third-order valence-electron chi connectivity index (χ3n) is 2.80. The summed E-state index contributed by atoms with van der Waals surface area (Å²) in [5, 5.41) is 0. The van der Waals surface area contributed by atoms with Crippen molar-refractivity contribution in [1.29, 1.82) is 0 Å². The van der Waals surface area contributed by atoms with Gasteiger partial charge in [-0.2, -0.15) is 0 Å². The largest absolute Gasteiger partial charge is 0.288 e. The van der Waals surface area contributed by atoms with Crippen molar-refractivity contribution in [3.63, 3.8) is 0 Å². The highest BCUT2D eigenvalue weighted by Gasteiger charge is 2.10. The molecule has 0 amide bonds. The lowest BCUT2D eigenvalue weighted by atomic mass is 10.2. The summed E-state index contributed by atoms with van der Waals surface area (Å²) in [6.45, 7) is 2.14. The van der Waals surface area contributed by atoms with Gasteiger partial charge in [-0.25, -0.2) is 0 Å². The second kappa shape index (κ2) is 7.34. The Morgan fingerprint density at radius 3 is 2.70 bits per heavy atom. The minimum atomic E-state index is 0.0498. The van der Waals surface area contributed by atoms with E-state index in [4.69, 9.17) is 0 Å². The van der Waals surface area contributed by atoms with Crippen molar-refractivity contribution in [2.45, 2.75) is 19.8 Å². The zero-order valence-corrected chi connectivity index (χ0v) is 15.0. The van der Waals surface area contributed by atoms with E-state index in [-0.39, 0.29) is 5.78 Å². The summed E-state index contributed by atoms with van der Waals surface area (Å²) in [6, 6.07) is 9.76. The Morgan fingerprint density at radius 2 is 2.00 bits per heavy atom. The van der Waals surface area contributed by atoms with E-state index in [2.05, 4.69) is 38.8 Å². The van der Waals surface area contributed by atoms with Crippen molar-refractivity contribution in [3.8, 4) is 0 Å². The Morgan fingerprint density at radius 1 is 1.25 bits per heavy atom. The number of aryl methyl sites for hydroxylation is 1. The molecule has 0 radical (unpaired) electrons. The lowest BCUT2D eigenvalue weighted by molar-refractivity contribution is 0.105. The van der Waals surface area contributed by atoms with Gasteiger partial charge in [0.25, 0.3) is 0 Å². The van der Waals surface area contributed by atoms with Gasteiger partial charge in [0, 0.05) is 13.8 Å². The van der Waals surface area contributed by atoms with Crippen LogP contribution in [0.2, 0.25) is 0 Å². The van der Waals surface area contributed by atoms with Gasteiger partial charge >= 0.3 is 0 Å². The smallest absolute Gasteiger partial charge is 0.195 e. The topological polar surface area (TPSA) is 17.1 Å². The first-order valence-corrected chi connectivity index (χ1v) is 8.77. The van der Waals surface area contributed by atoms with E-state index >= 15 is 0 Å². The van der Waals surface area contributed by atoms with Crippen LogP contribution in [-0.4, -0.2) is 5.78 Å². The van der Waals surface area contributed by atoms with Gasteiger partial charge in [0.2, 0.25) is 0 Å². The van der Waals surface area contributed by atoms with Crippen LogP contribution in [0.25, 0.3) is 6.08 Å². The third-order valence-corrected chi connectivity index (χ3v) is 5.70. The molecule has 0 saturated carbocycles. The van der Waals surface area contributed by atoms with Gasteiger partial charge in [0.15, 0.2) is 5.78 Å². The molecule has 2 rings (SSSR count). The normalized spacial score (nSPS) is 11.2. The van der Waals surface area contributed by atoms with Crippen molar-refractivity contribution >= 4 is 55.1 Å². The summed E-state index contributed by atoms with van der Waals surface area (Å²) in [7, 11) is 0. The van der Waals surface area contributed by atoms with E-state index in [1.165, 1.54) is 4.88 Å². The summed E-state index contributed by atoms with van der Waals surface area (Å²) in [6.07, 6.45) is 5.57. The van der Waals surface area contributed by atoms with E-state index in [0.717, 1.165) is 32.2 Å². The Bertz CT molecular complexity index is 644. The zero-order chi connectivity index (χ0) is 14.5. The lowest BCUT2D eigenvalue weighted by Gasteiger charge is -1.96. The predicted octanol–water partition coefficient (Wildman–Crippen LogP) is 6.12. The molecule has 104 valence electrons. The maximum Gasteiger partial charge on any atom is 0.195 e. The number of allylic oxidation sites excluding steroid dienone is 1. The highest BCUT2D eigenvalue weighted by Crippen LogP contribution is 2.29. The van der Waals surface area contributed by atoms with Gasteiger partial charge in [-0.05, 0) is 52.2 Å². The standard InChI is InChI=1S/C16H14Br2OS/c1-2-5-15-13(18)10-16(20-15)14(19)9-8-11-6-3-4-7-12(11)17/h3-4,6-10H,2,5H2,1H3/b9-8+. The predicted molar refractivity (Wildman–Crippen MR) is 93.5 cm³/mol. The molecule has 1 aromatic heterocycles. The van der Waals surface area contributed by atoms with Crippen LogP contribution < -0.4 is 0 Å². The molecule has 0 spiro atoms. The monoisotopic (exact) mass is 412 g/mol. The van der Waals surface area contributed by atoms with Gasteiger partial charge in [0.05, 0.1) is 4.88 Å². The fraction of sp³-hybridized carbons (Fsp3) is 0.188. The van der Waals surface area contributed by atoms with Crippen LogP contribution in [0.5, 0.6) is 0 Å². The molecule has 0 fully saturated rings. The second-order valence-corrected chi connectivity index (χ2v) is 7.20. The van der Waals surface area contributed by atoms with E-state index < -0.39 is 0 Å². The van der Waals surface area contributed by atoms with Crippen LogP contribution in [0.15, 0.2) is 45.4 Å². The van der Waals surface area contributed by atoms with Gasteiger partial charge in [0.1, 0.15) is 0 Å². The minimum Gasteiger partial charge on any atom is -0.288 e. The second-order valence-electron chi connectivity index (χ2n) is 4.35. The van der Waals surface area contributed by atoms with E-state index in [1.807, 2.05) is 36.4 Å². The molecular formula is C16H14Br2OS.